The van der Waals surface area contributed by atoms with Crippen molar-refractivity contribution in [1.29, 1.82) is 0 Å². The number of hydrogen-bond acceptors (Lipinski definition) is 1. The van der Waals surface area contributed by atoms with Gasteiger partial charge in [-0.3, -0.25) is 4.79 Å². The monoisotopic (exact) mass is 281 g/mol. The highest BCUT2D eigenvalue weighted by molar-refractivity contribution is 6.21. The van der Waals surface area contributed by atoms with Crippen LogP contribution in [-0.2, 0) is 4.79 Å². The number of alkyl halides is 1. The molecule has 19 heavy (non-hydrogen) atoms. The molecule has 3 heteroatoms. The summed E-state index contributed by atoms with van der Waals surface area (Å²) in [6.45, 7) is 0.688. The lowest BCUT2D eigenvalue weighted by Gasteiger charge is -2.53. The Labute approximate surface area is 120 Å². The molecule has 0 saturated heterocycles. The third-order valence-corrected chi connectivity index (χ3v) is 6.64. The predicted octanol–water partition coefficient (Wildman–Crippen LogP) is 3.19. The molecule has 0 aromatic rings. The summed E-state index contributed by atoms with van der Waals surface area (Å²) in [6, 6.07) is 0. The van der Waals surface area contributed by atoms with Gasteiger partial charge in [0.05, 0.1) is 5.38 Å². The summed E-state index contributed by atoms with van der Waals surface area (Å²) in [6.07, 6.45) is 9.23. The number of rotatable bonds is 4. The fourth-order valence-corrected chi connectivity index (χ4v) is 5.62. The van der Waals surface area contributed by atoms with Gasteiger partial charge in [-0.2, -0.15) is 0 Å². The third-order valence-electron chi connectivity index (χ3n) is 6.13. The van der Waals surface area contributed by atoms with Gasteiger partial charge in [0.2, 0.25) is 5.91 Å². The molecule has 1 atom stereocenters. The first-order valence-electron chi connectivity index (χ1n) is 8.12. The zero-order valence-corrected chi connectivity index (χ0v) is 12.2. The van der Waals surface area contributed by atoms with Crippen LogP contribution in [0.1, 0.15) is 44.9 Å². The zero-order chi connectivity index (χ0) is 13.0. The van der Waals surface area contributed by atoms with E-state index in [1.807, 2.05) is 0 Å². The van der Waals surface area contributed by atoms with Crippen LogP contribution >= 0.6 is 11.6 Å². The van der Waals surface area contributed by atoms with E-state index in [-0.39, 0.29) is 5.38 Å². The summed E-state index contributed by atoms with van der Waals surface area (Å²) in [4.78, 5) is 12.5. The average Bonchev–Trinajstić information content (AvgIpc) is 3.18. The molecular formula is C16H24ClNO. The van der Waals surface area contributed by atoms with Crippen molar-refractivity contribution >= 4 is 17.5 Å². The smallest absolute Gasteiger partial charge is 0.223 e. The van der Waals surface area contributed by atoms with Gasteiger partial charge in [0, 0.05) is 12.5 Å². The van der Waals surface area contributed by atoms with E-state index in [0.29, 0.717) is 36.1 Å². The number of amides is 1. The van der Waals surface area contributed by atoms with Crippen LogP contribution in [0.15, 0.2) is 0 Å². The Morgan fingerprint density at radius 2 is 1.63 bits per heavy atom. The molecular weight excluding hydrogens is 258 g/mol. The summed E-state index contributed by atoms with van der Waals surface area (Å²) in [5.74, 6) is 4.56. The van der Waals surface area contributed by atoms with Gasteiger partial charge in [0.25, 0.3) is 0 Å². The van der Waals surface area contributed by atoms with Crippen molar-refractivity contribution in [3.63, 3.8) is 0 Å². The van der Waals surface area contributed by atoms with Crippen LogP contribution in [0.3, 0.4) is 0 Å². The second-order valence-electron chi connectivity index (χ2n) is 7.56. The number of nitrogens with one attached hydrogen (secondary N) is 1. The maximum atomic E-state index is 12.5. The first-order chi connectivity index (χ1) is 9.20. The zero-order valence-electron chi connectivity index (χ0n) is 11.5. The Kier molecular flexibility index (Phi) is 3.06. The molecule has 5 fully saturated rings. The van der Waals surface area contributed by atoms with E-state index in [4.69, 9.17) is 11.6 Å². The lowest BCUT2D eigenvalue weighted by Crippen LogP contribution is -2.51. The second-order valence-corrected chi connectivity index (χ2v) is 8.12. The fraction of sp³-hybridized carbons (Fsp3) is 0.938. The van der Waals surface area contributed by atoms with Gasteiger partial charge in [-0.25, -0.2) is 0 Å². The molecule has 0 radical (unpaired) electrons. The van der Waals surface area contributed by atoms with Gasteiger partial charge in [-0.15, -0.1) is 11.6 Å². The molecule has 1 N–H and O–H groups in total. The Morgan fingerprint density at radius 1 is 1.05 bits per heavy atom. The van der Waals surface area contributed by atoms with E-state index in [2.05, 4.69) is 5.32 Å². The van der Waals surface area contributed by atoms with Crippen molar-refractivity contribution in [2.75, 3.05) is 6.54 Å². The van der Waals surface area contributed by atoms with E-state index in [9.17, 15) is 4.79 Å². The molecule has 5 aliphatic carbocycles. The lowest BCUT2D eigenvalue weighted by molar-refractivity contribution is -0.138. The van der Waals surface area contributed by atoms with Crippen molar-refractivity contribution < 1.29 is 4.79 Å². The van der Waals surface area contributed by atoms with Crippen molar-refractivity contribution in [3.05, 3.63) is 0 Å². The van der Waals surface area contributed by atoms with E-state index >= 15 is 0 Å². The molecule has 1 unspecified atom stereocenters. The first kappa shape index (κ1) is 12.5. The molecule has 0 heterocycles. The lowest BCUT2D eigenvalue weighted by atomic mass is 9.51. The molecule has 106 valence electrons. The summed E-state index contributed by atoms with van der Waals surface area (Å²) >= 11 is 6.30. The molecule has 4 bridgehead atoms. The molecule has 0 aromatic carbocycles. The number of halogens is 1. The van der Waals surface area contributed by atoms with Crippen molar-refractivity contribution in [2.45, 2.75) is 50.3 Å². The molecule has 5 aliphatic rings. The SMILES string of the molecule is O=C(NCC(Cl)C1CC1)C1C2CC3CC(C2)CC1C3. The Balaban J connectivity index is 1.37. The quantitative estimate of drug-likeness (QED) is 0.788. The molecule has 2 nitrogen and oxygen atoms in total. The minimum absolute atomic E-state index is 0.167. The number of carbonyl (C=O) groups excluding carboxylic acids is 1. The van der Waals surface area contributed by atoms with Crippen molar-refractivity contribution in [3.8, 4) is 0 Å². The van der Waals surface area contributed by atoms with Crippen LogP contribution in [0.5, 0.6) is 0 Å². The van der Waals surface area contributed by atoms with E-state index < -0.39 is 0 Å². The second kappa shape index (κ2) is 4.65. The Hall–Kier alpha value is -0.240. The fourth-order valence-electron chi connectivity index (χ4n) is 5.29. The van der Waals surface area contributed by atoms with Gasteiger partial charge in [-0.1, -0.05) is 0 Å². The highest BCUT2D eigenvalue weighted by atomic mass is 35.5. The highest BCUT2D eigenvalue weighted by Gasteiger charge is 2.50. The van der Waals surface area contributed by atoms with Gasteiger partial charge in [0.1, 0.15) is 0 Å². The summed E-state index contributed by atoms with van der Waals surface area (Å²) in [5.41, 5.74) is 0. The summed E-state index contributed by atoms with van der Waals surface area (Å²) in [5, 5.41) is 3.33. The summed E-state index contributed by atoms with van der Waals surface area (Å²) in [7, 11) is 0. The molecule has 1 amide bonds. The molecule has 5 rings (SSSR count). The maximum absolute atomic E-state index is 12.5. The number of hydrogen-bond donors (Lipinski definition) is 1. The highest BCUT2D eigenvalue weighted by Crippen LogP contribution is 2.56. The predicted molar refractivity (Wildman–Crippen MR) is 75.9 cm³/mol. The van der Waals surface area contributed by atoms with E-state index in [1.165, 1.54) is 44.9 Å². The van der Waals surface area contributed by atoms with Crippen LogP contribution < -0.4 is 5.32 Å². The average molecular weight is 282 g/mol. The molecule has 0 aromatic heterocycles. The minimum atomic E-state index is 0.167. The van der Waals surface area contributed by atoms with Gasteiger partial charge >= 0.3 is 0 Å². The normalized spacial score (nSPS) is 45.2. The molecule has 0 aliphatic heterocycles. The van der Waals surface area contributed by atoms with E-state index in [1.54, 1.807) is 0 Å². The minimum Gasteiger partial charge on any atom is -0.354 e. The van der Waals surface area contributed by atoms with Crippen LogP contribution in [-0.4, -0.2) is 17.8 Å². The molecule has 0 spiro atoms. The molecule has 5 saturated carbocycles. The van der Waals surface area contributed by atoms with E-state index in [0.717, 1.165) is 11.8 Å². The standard InChI is InChI=1S/C16H24ClNO/c17-14(11-1-2-11)8-18-16(19)15-12-4-9-3-10(6-12)7-13(15)5-9/h9-15H,1-8H2,(H,18,19). The summed E-state index contributed by atoms with van der Waals surface area (Å²) < 4.78 is 0. The third kappa shape index (κ3) is 2.30. The maximum Gasteiger partial charge on any atom is 0.223 e. The van der Waals surface area contributed by atoms with Crippen molar-refractivity contribution in [1.82, 2.24) is 5.32 Å². The Morgan fingerprint density at radius 3 is 2.16 bits per heavy atom. The first-order valence-corrected chi connectivity index (χ1v) is 8.56. The van der Waals surface area contributed by atoms with Crippen LogP contribution in [0, 0.1) is 35.5 Å². The van der Waals surface area contributed by atoms with Crippen LogP contribution in [0.25, 0.3) is 0 Å². The van der Waals surface area contributed by atoms with Gasteiger partial charge < -0.3 is 5.32 Å². The largest absolute Gasteiger partial charge is 0.354 e. The van der Waals surface area contributed by atoms with Gasteiger partial charge in [0.15, 0.2) is 0 Å². The van der Waals surface area contributed by atoms with Crippen LogP contribution in [0.4, 0.5) is 0 Å². The topological polar surface area (TPSA) is 29.1 Å². The van der Waals surface area contributed by atoms with Crippen molar-refractivity contribution in [2.24, 2.45) is 35.5 Å². The van der Waals surface area contributed by atoms with Gasteiger partial charge in [-0.05, 0) is 74.5 Å². The number of carbonyl (C=O) groups is 1. The Bertz CT molecular complexity index is 351. The van der Waals surface area contributed by atoms with Crippen LogP contribution in [0.2, 0.25) is 0 Å².